The van der Waals surface area contributed by atoms with E-state index in [0.717, 1.165) is 56.6 Å². The molecule has 2 aliphatic carbocycles. The van der Waals surface area contributed by atoms with Gasteiger partial charge in [0.25, 0.3) is 27.5 Å². The summed E-state index contributed by atoms with van der Waals surface area (Å²) in [5.74, 6) is -3.72. The van der Waals surface area contributed by atoms with Crippen LogP contribution in [0, 0.1) is 27.3 Å². The number of nitro groups is 1. The molecule has 17 nitrogen and oxygen atoms in total. The van der Waals surface area contributed by atoms with E-state index < -0.39 is 48.8 Å². The lowest BCUT2D eigenvalue weighted by Gasteiger charge is -2.63. The van der Waals surface area contributed by atoms with Gasteiger partial charge in [-0.25, -0.2) is 31.3 Å². The fourth-order valence-electron chi connectivity index (χ4n) is 12.5. The standard InChI is InChI=1S/C58H65F3N8O9S/c1-35(2)42-7-5-6-8-43(42)50-32-66(31-37-21-46-53(52(22-37)76-4)77-20-17-58(46,60)61)18-19-68(50)39-26-57(27-39)33-67(34-57)38-9-11-44(51(23-38)78-40-24-45-47(59)30-64-54(45)63-29-40)55(70)65-79(74,75)41-10-12-48(49(25-41)69(72)73)62-28-36-13-15-56(3,71)16-14-36/h5-12,21-25,29-30,35-36,39,50,62,71H,13-20,26-28,31-34H2,1-4H3,(H,63,64)(H,65,70)/t36?,50-,56?/m0/s1. The van der Waals surface area contributed by atoms with Crippen LogP contribution in [-0.4, -0.2) is 109 Å². The summed E-state index contributed by atoms with van der Waals surface area (Å²) in [6.07, 6.45) is 6.68. The second-order valence-electron chi connectivity index (χ2n) is 22.8. The molecule has 1 atom stereocenters. The maximum absolute atomic E-state index is 15.2. The average Bonchev–Trinajstić information content (AvgIpc) is 3.67. The van der Waals surface area contributed by atoms with E-state index in [2.05, 4.69) is 72.8 Å². The number of aromatic nitrogens is 2. The second-order valence-corrected chi connectivity index (χ2v) is 24.5. The summed E-state index contributed by atoms with van der Waals surface area (Å²) < 4.78 is 92.5. The van der Waals surface area contributed by atoms with Gasteiger partial charge >= 0.3 is 0 Å². The number of fused-ring (bicyclic) bond motifs is 2. The molecule has 0 unspecified atom stereocenters. The third kappa shape index (κ3) is 10.9. The van der Waals surface area contributed by atoms with Crippen molar-refractivity contribution >= 4 is 44.0 Å². The third-order valence-corrected chi connectivity index (χ3v) is 18.2. The third-order valence-electron chi connectivity index (χ3n) is 16.9. The van der Waals surface area contributed by atoms with E-state index in [4.69, 9.17) is 14.2 Å². The molecule has 0 bridgehead atoms. The van der Waals surface area contributed by atoms with Gasteiger partial charge in [0, 0.05) is 87.3 Å². The number of halogens is 3. The number of alkyl halides is 2. The molecule has 4 aromatic carbocycles. The van der Waals surface area contributed by atoms with Gasteiger partial charge in [0.1, 0.15) is 28.7 Å². The first kappa shape index (κ1) is 54.0. The molecule has 2 saturated heterocycles. The van der Waals surface area contributed by atoms with Crippen LogP contribution < -0.4 is 29.1 Å². The highest BCUT2D eigenvalue weighted by Gasteiger charge is 2.55. The highest BCUT2D eigenvalue weighted by molar-refractivity contribution is 7.90. The number of pyridine rings is 1. The quantitative estimate of drug-likeness (QED) is 0.0526. The summed E-state index contributed by atoms with van der Waals surface area (Å²) in [6.45, 7) is 10.6. The van der Waals surface area contributed by atoms with Crippen molar-refractivity contribution in [2.75, 3.05) is 63.2 Å². The molecular weight excluding hydrogens is 1040 g/mol. The predicted molar refractivity (Wildman–Crippen MR) is 291 cm³/mol. The highest BCUT2D eigenvalue weighted by Crippen LogP contribution is 2.54. The van der Waals surface area contributed by atoms with Crippen LogP contribution in [0.2, 0.25) is 0 Å². The Labute approximate surface area is 456 Å². The Kier molecular flexibility index (Phi) is 14.3. The van der Waals surface area contributed by atoms with E-state index >= 15 is 8.78 Å². The van der Waals surface area contributed by atoms with Crippen molar-refractivity contribution in [2.45, 2.75) is 107 Å². The Morgan fingerprint density at radius 2 is 1.78 bits per heavy atom. The van der Waals surface area contributed by atoms with Gasteiger partial charge in [-0.3, -0.25) is 24.7 Å². The number of H-pyrrole nitrogens is 1. The number of aliphatic hydroxyl groups is 1. The number of carbonyl (C=O) groups is 1. The number of nitro benzene ring substituents is 1. The van der Waals surface area contributed by atoms with Crippen LogP contribution in [0.15, 0.2) is 96.2 Å². The van der Waals surface area contributed by atoms with E-state index in [9.17, 15) is 32.8 Å². The van der Waals surface area contributed by atoms with Crippen LogP contribution in [0.25, 0.3) is 11.0 Å². The largest absolute Gasteiger partial charge is 0.493 e. The van der Waals surface area contributed by atoms with Crippen molar-refractivity contribution in [3.8, 4) is 23.0 Å². The molecular formula is C58H65F3N8O9S. The number of piperazine rings is 1. The number of benzene rings is 4. The van der Waals surface area contributed by atoms with E-state index in [-0.39, 0.29) is 87.5 Å². The minimum Gasteiger partial charge on any atom is -0.493 e. The maximum atomic E-state index is 15.2. The zero-order valence-electron chi connectivity index (χ0n) is 44.6. The van der Waals surface area contributed by atoms with Gasteiger partial charge in [-0.2, -0.15) is 0 Å². The van der Waals surface area contributed by atoms with Gasteiger partial charge in [-0.15, -0.1) is 0 Å². The molecule has 2 saturated carbocycles. The number of carbonyl (C=O) groups excluding carboxylic acids is 1. The molecule has 418 valence electrons. The van der Waals surface area contributed by atoms with E-state index in [1.165, 1.54) is 48.7 Å². The number of anilines is 2. The number of sulfonamides is 1. The van der Waals surface area contributed by atoms with Gasteiger partial charge in [-0.1, -0.05) is 38.1 Å². The van der Waals surface area contributed by atoms with Gasteiger partial charge in [0.05, 0.1) is 58.3 Å². The van der Waals surface area contributed by atoms with Crippen LogP contribution in [0.3, 0.4) is 0 Å². The smallest absolute Gasteiger partial charge is 0.293 e. The molecule has 21 heteroatoms. The zero-order valence-corrected chi connectivity index (χ0v) is 45.4. The van der Waals surface area contributed by atoms with E-state index in [1.54, 1.807) is 25.1 Å². The molecule has 6 aromatic rings. The van der Waals surface area contributed by atoms with Gasteiger partial charge in [-0.05, 0) is 116 Å². The molecule has 2 aromatic heterocycles. The molecule has 5 heterocycles. The predicted octanol–water partition coefficient (Wildman–Crippen LogP) is 10.4. The molecule has 4 fully saturated rings. The first-order valence-electron chi connectivity index (χ1n) is 27.0. The fraction of sp³-hybridized carbons (Fsp3) is 0.448. The second kappa shape index (κ2) is 20.9. The fourth-order valence-corrected chi connectivity index (χ4v) is 13.5. The first-order valence-corrected chi connectivity index (χ1v) is 28.5. The van der Waals surface area contributed by atoms with Crippen molar-refractivity contribution < 1.29 is 50.6 Å². The Morgan fingerprint density at radius 1 is 1.01 bits per heavy atom. The number of rotatable bonds is 16. The maximum Gasteiger partial charge on any atom is 0.293 e. The monoisotopic (exact) mass is 1110 g/mol. The zero-order chi connectivity index (χ0) is 55.6. The normalized spacial score (nSPS) is 22.2. The van der Waals surface area contributed by atoms with Crippen molar-refractivity contribution in [3.63, 3.8) is 0 Å². The van der Waals surface area contributed by atoms with Crippen LogP contribution in [0.1, 0.15) is 110 Å². The lowest BCUT2D eigenvalue weighted by molar-refractivity contribution is -0.384. The molecule has 0 radical (unpaired) electrons. The number of hydrogen-bond donors (Lipinski definition) is 4. The number of nitrogens with one attached hydrogen (secondary N) is 3. The lowest BCUT2D eigenvalue weighted by Crippen LogP contribution is -2.68. The SMILES string of the molecule is COc1cc(CN2CCN(C3CC4(C3)CN(c3ccc(C(=O)NS(=O)(=O)c5ccc(NCC6CCC(C)(O)CC6)c([N+](=O)[O-])c5)c(Oc5cnc6[nH]cc(F)c6c5)c3)C4)[C@H](c3ccccc3C(C)C)C2)cc2c1OCCC2(F)F. The number of nitrogens with zero attached hydrogens (tertiary/aromatic N) is 5. The number of hydrogen-bond acceptors (Lipinski definition) is 14. The van der Waals surface area contributed by atoms with Crippen LogP contribution >= 0.6 is 0 Å². The summed E-state index contributed by atoms with van der Waals surface area (Å²) in [4.78, 5) is 39.3. The molecule has 4 N–H and O–H groups in total. The highest BCUT2D eigenvalue weighted by atomic mass is 32.2. The molecule has 3 aliphatic heterocycles. The van der Waals surface area contributed by atoms with Crippen LogP contribution in [0.5, 0.6) is 23.0 Å². The van der Waals surface area contributed by atoms with Crippen molar-refractivity contribution in [1.29, 1.82) is 0 Å². The summed E-state index contributed by atoms with van der Waals surface area (Å²) >= 11 is 0. The number of methoxy groups -OCH3 is 1. The topological polar surface area (TPSA) is 205 Å². The van der Waals surface area contributed by atoms with E-state index in [1.807, 2.05) is 6.07 Å². The van der Waals surface area contributed by atoms with Crippen molar-refractivity contribution in [3.05, 3.63) is 135 Å². The summed E-state index contributed by atoms with van der Waals surface area (Å²) in [5, 5.41) is 25.8. The Morgan fingerprint density at radius 3 is 2.53 bits per heavy atom. The van der Waals surface area contributed by atoms with Gasteiger partial charge < -0.3 is 34.5 Å². The Balaban J connectivity index is 0.798. The van der Waals surface area contributed by atoms with Crippen molar-refractivity contribution in [1.82, 2.24) is 24.5 Å². The first-order chi connectivity index (χ1) is 37.7. The Bertz CT molecular complexity index is 3420. The van der Waals surface area contributed by atoms with E-state index in [0.29, 0.717) is 57.0 Å². The minimum atomic E-state index is -4.68. The lowest BCUT2D eigenvalue weighted by atomic mass is 9.59. The molecule has 79 heavy (non-hydrogen) atoms. The molecule has 5 aliphatic rings. The summed E-state index contributed by atoms with van der Waals surface area (Å²) in [6, 6.07) is 21.9. The van der Waals surface area contributed by atoms with Gasteiger partial charge in [0.15, 0.2) is 11.5 Å². The van der Waals surface area contributed by atoms with Gasteiger partial charge in [0.2, 0.25) is 0 Å². The molecule has 1 spiro atoms. The minimum absolute atomic E-state index is 0.00836. The molecule has 11 rings (SSSR count). The average molecular weight is 1110 g/mol. The molecule has 1 amide bonds. The van der Waals surface area contributed by atoms with Crippen LogP contribution in [-0.2, 0) is 22.5 Å². The van der Waals surface area contributed by atoms with Crippen LogP contribution in [0.4, 0.5) is 30.2 Å². The number of amides is 1. The van der Waals surface area contributed by atoms with Crippen molar-refractivity contribution in [2.24, 2.45) is 11.3 Å². The summed E-state index contributed by atoms with van der Waals surface area (Å²) in [5.41, 5.74) is 2.87. The number of ether oxygens (including phenoxy) is 3. The summed E-state index contributed by atoms with van der Waals surface area (Å²) in [7, 11) is -3.20. The number of aromatic amines is 1. The Hall–Kier alpha value is -6.94.